The molecule has 0 radical (unpaired) electrons. The van der Waals surface area contributed by atoms with E-state index in [0.29, 0.717) is 0 Å². The van der Waals surface area contributed by atoms with Gasteiger partial charge in [-0.1, -0.05) is 23.9 Å². The molecule has 1 aromatic rings. The van der Waals surface area contributed by atoms with Gasteiger partial charge < -0.3 is 15.0 Å². The maximum Gasteiger partial charge on any atom is 0.407 e. The van der Waals surface area contributed by atoms with E-state index < -0.39 is 39.3 Å². The first-order chi connectivity index (χ1) is 14.0. The summed E-state index contributed by atoms with van der Waals surface area (Å²) in [4.78, 5) is 29.6. The minimum absolute atomic E-state index is 0.0378. The van der Waals surface area contributed by atoms with Gasteiger partial charge >= 0.3 is 6.09 Å². The van der Waals surface area contributed by atoms with E-state index in [1.165, 1.54) is 34.9 Å². The number of thioether (sulfide) groups is 1. The van der Waals surface area contributed by atoms with Crippen molar-refractivity contribution in [1.82, 2.24) is 5.32 Å². The molecule has 2 atom stereocenters. The van der Waals surface area contributed by atoms with Crippen LogP contribution in [0.1, 0.15) is 27.2 Å². The molecule has 3 rings (SSSR count). The molecule has 2 aliphatic rings. The standard InChI is InChI=1S/C19H24FN3O5S2/c1-19(2,3)28-18(25)21-9-8-16(24)22-17-23(13-7-5-4-6-12(13)20)14-10-30(26,27)11-15(14)29-17/h4-7,14-15H,8-11H2,1-3H3,(H,21,25)/t14-,15+/m1/s1. The number of alkyl carbamates (subject to hydrolysis) is 1. The third kappa shape index (κ3) is 5.51. The van der Waals surface area contributed by atoms with Gasteiger partial charge in [0.25, 0.3) is 0 Å². The molecule has 2 aliphatic heterocycles. The summed E-state index contributed by atoms with van der Waals surface area (Å²) >= 11 is 1.17. The highest BCUT2D eigenvalue weighted by Crippen LogP contribution is 2.41. The Balaban J connectivity index is 1.72. The Hall–Kier alpha value is -2.14. The lowest BCUT2D eigenvalue weighted by Crippen LogP contribution is -2.38. The number of carbonyl (C=O) groups excluding carboxylic acids is 2. The first-order valence-electron chi connectivity index (χ1n) is 9.44. The number of amidine groups is 1. The van der Waals surface area contributed by atoms with Crippen molar-refractivity contribution in [1.29, 1.82) is 0 Å². The number of sulfone groups is 1. The number of anilines is 1. The third-order valence-corrected chi connectivity index (χ3v) is 7.62. The van der Waals surface area contributed by atoms with Gasteiger partial charge in [0.05, 0.1) is 23.2 Å². The van der Waals surface area contributed by atoms with Gasteiger partial charge in [-0.3, -0.25) is 4.79 Å². The summed E-state index contributed by atoms with van der Waals surface area (Å²) in [5.41, 5.74) is -0.458. The van der Waals surface area contributed by atoms with Crippen LogP contribution in [0.4, 0.5) is 14.9 Å². The molecule has 0 unspecified atom stereocenters. The van der Waals surface area contributed by atoms with Gasteiger partial charge in [0, 0.05) is 18.2 Å². The number of halogens is 1. The summed E-state index contributed by atoms with van der Waals surface area (Å²) in [6.45, 7) is 5.23. The molecule has 30 heavy (non-hydrogen) atoms. The van der Waals surface area contributed by atoms with E-state index in [1.54, 1.807) is 26.8 Å². The van der Waals surface area contributed by atoms with Crippen molar-refractivity contribution < 1.29 is 27.1 Å². The Morgan fingerprint density at radius 2 is 2.00 bits per heavy atom. The Bertz CT molecular complexity index is 975. The first kappa shape index (κ1) is 22.5. The summed E-state index contributed by atoms with van der Waals surface area (Å²) < 4.78 is 43.6. The maximum atomic E-state index is 14.4. The topological polar surface area (TPSA) is 105 Å². The van der Waals surface area contributed by atoms with Gasteiger partial charge in [0.1, 0.15) is 11.4 Å². The quantitative estimate of drug-likeness (QED) is 0.740. The number of rotatable bonds is 4. The minimum Gasteiger partial charge on any atom is -0.444 e. The van der Waals surface area contributed by atoms with Gasteiger partial charge in [0.15, 0.2) is 15.0 Å². The van der Waals surface area contributed by atoms with E-state index in [2.05, 4.69) is 10.3 Å². The van der Waals surface area contributed by atoms with E-state index in [-0.39, 0.29) is 40.6 Å². The van der Waals surface area contributed by atoms with Crippen molar-refractivity contribution in [3.63, 3.8) is 0 Å². The van der Waals surface area contributed by atoms with Gasteiger partial charge in [-0.05, 0) is 32.9 Å². The van der Waals surface area contributed by atoms with Crippen LogP contribution in [0.15, 0.2) is 29.3 Å². The van der Waals surface area contributed by atoms with Crippen LogP contribution in [0.25, 0.3) is 0 Å². The molecule has 2 saturated heterocycles. The predicted molar refractivity (Wildman–Crippen MR) is 114 cm³/mol. The molecule has 8 nitrogen and oxygen atoms in total. The number of benzene rings is 1. The number of nitrogens with one attached hydrogen (secondary N) is 1. The van der Waals surface area contributed by atoms with Crippen molar-refractivity contribution in [2.75, 3.05) is 23.0 Å². The lowest BCUT2D eigenvalue weighted by molar-refractivity contribution is -0.117. The Labute approximate surface area is 179 Å². The molecule has 2 amide bonds. The fourth-order valence-corrected chi connectivity index (χ4v) is 7.17. The highest BCUT2D eigenvalue weighted by Gasteiger charge is 2.49. The normalized spacial score (nSPS) is 24.0. The number of aliphatic imine (C=N–C) groups is 1. The van der Waals surface area contributed by atoms with Gasteiger partial charge in [0.2, 0.25) is 5.91 Å². The van der Waals surface area contributed by atoms with E-state index in [9.17, 15) is 22.4 Å². The van der Waals surface area contributed by atoms with E-state index in [4.69, 9.17) is 4.74 Å². The lowest BCUT2D eigenvalue weighted by Gasteiger charge is -2.24. The first-order valence-corrected chi connectivity index (χ1v) is 12.1. The zero-order valence-corrected chi connectivity index (χ0v) is 18.6. The molecule has 0 spiro atoms. The Kier molecular flexibility index (Phi) is 6.42. The van der Waals surface area contributed by atoms with Crippen molar-refractivity contribution in [3.05, 3.63) is 30.1 Å². The van der Waals surface area contributed by atoms with Crippen LogP contribution >= 0.6 is 11.8 Å². The number of ether oxygens (including phenoxy) is 1. The predicted octanol–water partition coefficient (Wildman–Crippen LogP) is 2.34. The molecule has 164 valence electrons. The highest BCUT2D eigenvalue weighted by atomic mass is 32.2. The van der Waals surface area contributed by atoms with E-state index in [0.717, 1.165) is 0 Å². The number of hydrogen-bond acceptors (Lipinski definition) is 6. The van der Waals surface area contributed by atoms with Crippen molar-refractivity contribution in [2.45, 2.75) is 44.1 Å². The molecule has 1 N–H and O–H groups in total. The molecule has 0 aromatic heterocycles. The second kappa shape index (κ2) is 8.54. The average Bonchev–Trinajstić information content (AvgIpc) is 3.05. The van der Waals surface area contributed by atoms with Crippen LogP contribution < -0.4 is 10.2 Å². The summed E-state index contributed by atoms with van der Waals surface area (Å²) in [6, 6.07) is 5.51. The van der Waals surface area contributed by atoms with Crippen LogP contribution in [-0.4, -0.2) is 60.5 Å². The zero-order valence-electron chi connectivity index (χ0n) is 16.9. The average molecular weight is 458 g/mol. The Morgan fingerprint density at radius 1 is 1.30 bits per heavy atom. The molecule has 0 aliphatic carbocycles. The second-order valence-electron chi connectivity index (χ2n) is 8.09. The molecule has 11 heteroatoms. The van der Waals surface area contributed by atoms with Crippen molar-refractivity contribution in [2.24, 2.45) is 4.99 Å². The fraction of sp³-hybridized carbons (Fsp3) is 0.526. The molecular weight excluding hydrogens is 433 g/mol. The highest BCUT2D eigenvalue weighted by molar-refractivity contribution is 8.16. The number of fused-ring (bicyclic) bond motifs is 1. The van der Waals surface area contributed by atoms with Crippen molar-refractivity contribution in [3.8, 4) is 0 Å². The number of para-hydroxylation sites is 1. The smallest absolute Gasteiger partial charge is 0.407 e. The molecule has 0 bridgehead atoms. The van der Waals surface area contributed by atoms with E-state index >= 15 is 0 Å². The van der Waals surface area contributed by atoms with Crippen LogP contribution in [0.5, 0.6) is 0 Å². The number of carbonyl (C=O) groups is 2. The van der Waals surface area contributed by atoms with Crippen LogP contribution in [0, 0.1) is 5.82 Å². The number of amides is 2. The van der Waals surface area contributed by atoms with E-state index in [1.807, 2.05) is 0 Å². The molecule has 0 saturated carbocycles. The second-order valence-corrected chi connectivity index (χ2v) is 11.4. The van der Waals surface area contributed by atoms with Gasteiger partial charge in [-0.15, -0.1) is 0 Å². The molecular formula is C19H24FN3O5S2. The third-order valence-electron chi connectivity index (χ3n) is 4.41. The lowest BCUT2D eigenvalue weighted by atomic mass is 10.2. The Morgan fingerprint density at radius 3 is 2.67 bits per heavy atom. The molecule has 1 aromatic carbocycles. The molecule has 2 fully saturated rings. The fourth-order valence-electron chi connectivity index (χ4n) is 3.24. The van der Waals surface area contributed by atoms with Crippen LogP contribution in [-0.2, 0) is 19.4 Å². The molecule has 2 heterocycles. The summed E-state index contributed by atoms with van der Waals surface area (Å²) in [5.74, 6) is -1.18. The van der Waals surface area contributed by atoms with Crippen LogP contribution in [0.2, 0.25) is 0 Å². The van der Waals surface area contributed by atoms with Gasteiger partial charge in [-0.25, -0.2) is 17.6 Å². The minimum atomic E-state index is -3.24. The largest absolute Gasteiger partial charge is 0.444 e. The maximum absolute atomic E-state index is 14.4. The summed E-state index contributed by atoms with van der Waals surface area (Å²) in [6.07, 6.45) is -0.701. The monoisotopic (exact) mass is 457 g/mol. The van der Waals surface area contributed by atoms with Crippen LogP contribution in [0.3, 0.4) is 0 Å². The number of nitrogens with zero attached hydrogens (tertiary/aromatic N) is 2. The van der Waals surface area contributed by atoms with Gasteiger partial charge in [-0.2, -0.15) is 4.99 Å². The van der Waals surface area contributed by atoms with Crippen molar-refractivity contribution >= 4 is 44.5 Å². The SMILES string of the molecule is CC(C)(C)OC(=O)NCCC(=O)N=C1S[C@H]2CS(=O)(=O)C[C@H]2N1c1ccccc1F. The summed E-state index contributed by atoms with van der Waals surface area (Å²) in [5, 5.41) is 2.44. The number of hydrogen-bond donors (Lipinski definition) is 1. The zero-order chi connectivity index (χ0) is 22.1. The summed E-state index contributed by atoms with van der Waals surface area (Å²) in [7, 11) is -3.24.